The van der Waals surface area contributed by atoms with Crippen LogP contribution in [0.3, 0.4) is 0 Å². The molecule has 0 aliphatic carbocycles. The number of benzene rings is 1. The molecule has 0 saturated carbocycles. The number of rotatable bonds is 9. The quantitative estimate of drug-likeness (QED) is 0.677. The lowest BCUT2D eigenvalue weighted by Crippen LogP contribution is -3.11. The lowest BCUT2D eigenvalue weighted by atomic mass is 10.2. The first-order chi connectivity index (χ1) is 10.3. The fourth-order valence-electron chi connectivity index (χ4n) is 2.51. The maximum absolute atomic E-state index is 12.5. The molecule has 0 aliphatic heterocycles. The van der Waals surface area contributed by atoms with Crippen LogP contribution < -0.4 is 9.62 Å². The second-order valence-corrected chi connectivity index (χ2v) is 8.38. The molecule has 0 unspecified atom stereocenters. The van der Waals surface area contributed by atoms with Crippen molar-refractivity contribution < 1.29 is 13.3 Å². The third-order valence-corrected chi connectivity index (χ3v) is 6.19. The Hall–Kier alpha value is -0.430. The van der Waals surface area contributed by atoms with Gasteiger partial charge in [0.15, 0.2) is 0 Å². The fraction of sp³-hybridized carbons (Fsp3) is 0.625. The summed E-state index contributed by atoms with van der Waals surface area (Å²) in [6.07, 6.45) is 1.88. The van der Waals surface area contributed by atoms with Gasteiger partial charge in [-0.15, -0.1) is 0 Å². The number of quaternary nitrogens is 1. The van der Waals surface area contributed by atoms with Crippen LogP contribution in [-0.4, -0.2) is 34.1 Å². The number of nitrogens with one attached hydrogen (secondary N) is 2. The Kier molecular flexibility index (Phi) is 8.03. The van der Waals surface area contributed by atoms with Gasteiger partial charge in [0.25, 0.3) is 0 Å². The highest BCUT2D eigenvalue weighted by Gasteiger charge is 2.20. The second kappa shape index (κ2) is 9.01. The molecule has 1 aromatic carbocycles. The minimum Gasteiger partial charge on any atom is -0.335 e. The minimum atomic E-state index is -3.46. The second-order valence-electron chi connectivity index (χ2n) is 5.78. The molecule has 6 heteroatoms. The van der Waals surface area contributed by atoms with Crippen LogP contribution in [0.2, 0.25) is 0 Å². The molecular weight excluding hydrogens is 364 g/mol. The summed E-state index contributed by atoms with van der Waals surface area (Å²) in [5.74, 6) is 0. The van der Waals surface area contributed by atoms with Gasteiger partial charge >= 0.3 is 0 Å². The van der Waals surface area contributed by atoms with Gasteiger partial charge in [0, 0.05) is 10.5 Å². The van der Waals surface area contributed by atoms with E-state index >= 15 is 0 Å². The van der Waals surface area contributed by atoms with Crippen molar-refractivity contribution in [3.63, 3.8) is 0 Å². The molecule has 0 saturated heterocycles. The highest BCUT2D eigenvalue weighted by atomic mass is 79.9. The van der Waals surface area contributed by atoms with Crippen LogP contribution in [0.5, 0.6) is 0 Å². The van der Waals surface area contributed by atoms with Gasteiger partial charge < -0.3 is 4.90 Å². The first-order valence-corrected chi connectivity index (χ1v) is 10.2. The number of hydrogen-bond donors (Lipinski definition) is 2. The molecule has 1 atom stereocenters. The highest BCUT2D eigenvalue weighted by Crippen LogP contribution is 2.20. The van der Waals surface area contributed by atoms with E-state index in [4.69, 9.17) is 0 Å². The van der Waals surface area contributed by atoms with Crippen LogP contribution in [0.25, 0.3) is 0 Å². The number of aryl methyl sites for hydroxylation is 1. The zero-order chi connectivity index (χ0) is 16.8. The molecule has 0 aromatic heterocycles. The van der Waals surface area contributed by atoms with Crippen LogP contribution in [-0.2, 0) is 10.0 Å². The Morgan fingerprint density at radius 2 is 1.91 bits per heavy atom. The zero-order valence-electron chi connectivity index (χ0n) is 13.9. The lowest BCUT2D eigenvalue weighted by Gasteiger charge is -2.18. The summed E-state index contributed by atoms with van der Waals surface area (Å²) in [4.78, 5) is 1.90. The molecule has 0 bridgehead atoms. The average Bonchev–Trinajstić information content (AvgIpc) is 2.45. The summed E-state index contributed by atoms with van der Waals surface area (Å²) in [6.45, 7) is 11.4. The van der Waals surface area contributed by atoms with E-state index in [1.54, 1.807) is 11.0 Å². The zero-order valence-corrected chi connectivity index (χ0v) is 16.4. The van der Waals surface area contributed by atoms with Crippen molar-refractivity contribution in [1.82, 2.24) is 4.72 Å². The maximum atomic E-state index is 12.5. The predicted molar refractivity (Wildman–Crippen MR) is 94.8 cm³/mol. The fourth-order valence-corrected chi connectivity index (χ4v) is 4.57. The Labute approximate surface area is 143 Å². The van der Waals surface area contributed by atoms with E-state index in [1.165, 1.54) is 0 Å². The summed E-state index contributed by atoms with van der Waals surface area (Å²) in [7, 11) is -3.46. The van der Waals surface area contributed by atoms with Gasteiger partial charge in [-0.2, -0.15) is 0 Å². The SMILES string of the molecule is CC[NH+](CC)CCC[C@H](C)NS(=O)(=O)c1cc(Br)ccc1C. The third-order valence-electron chi connectivity index (χ3n) is 3.96. The molecule has 0 amide bonds. The van der Waals surface area contributed by atoms with Gasteiger partial charge in [-0.25, -0.2) is 13.1 Å². The lowest BCUT2D eigenvalue weighted by molar-refractivity contribution is -0.896. The van der Waals surface area contributed by atoms with Gasteiger partial charge in [0.2, 0.25) is 10.0 Å². The summed E-state index contributed by atoms with van der Waals surface area (Å²) in [5.41, 5.74) is 0.760. The molecule has 4 nitrogen and oxygen atoms in total. The standard InChI is InChI=1S/C16H27BrN2O2S/c1-5-19(6-2)11-7-8-14(4)18-22(20,21)16-12-15(17)10-9-13(16)3/h9-10,12,14,18H,5-8,11H2,1-4H3/p+1/t14-/m0/s1. The monoisotopic (exact) mass is 391 g/mol. The molecule has 126 valence electrons. The van der Waals surface area contributed by atoms with Gasteiger partial charge in [-0.1, -0.05) is 22.0 Å². The van der Waals surface area contributed by atoms with Crippen LogP contribution in [0.4, 0.5) is 0 Å². The Morgan fingerprint density at radius 3 is 2.50 bits per heavy atom. The van der Waals surface area contributed by atoms with Crippen molar-refractivity contribution >= 4 is 26.0 Å². The maximum Gasteiger partial charge on any atom is 0.241 e. The first-order valence-electron chi connectivity index (χ1n) is 7.92. The van der Waals surface area contributed by atoms with E-state index in [2.05, 4.69) is 34.5 Å². The van der Waals surface area contributed by atoms with E-state index < -0.39 is 10.0 Å². The topological polar surface area (TPSA) is 50.6 Å². The van der Waals surface area contributed by atoms with Gasteiger partial charge in [0.05, 0.1) is 24.5 Å². The van der Waals surface area contributed by atoms with Crippen molar-refractivity contribution in [2.24, 2.45) is 0 Å². The van der Waals surface area contributed by atoms with Crippen LogP contribution in [0, 0.1) is 6.92 Å². The summed E-state index contributed by atoms with van der Waals surface area (Å²) < 4.78 is 28.5. The van der Waals surface area contributed by atoms with Crippen LogP contribution in [0.15, 0.2) is 27.6 Å². The molecule has 0 aliphatic rings. The van der Waals surface area contributed by atoms with Crippen LogP contribution in [0.1, 0.15) is 39.2 Å². The molecule has 22 heavy (non-hydrogen) atoms. The summed E-state index contributed by atoms with van der Waals surface area (Å²) >= 11 is 3.33. The average molecular weight is 392 g/mol. The summed E-state index contributed by atoms with van der Waals surface area (Å²) in [6, 6.07) is 5.26. The minimum absolute atomic E-state index is 0.0571. The summed E-state index contributed by atoms with van der Waals surface area (Å²) in [5, 5.41) is 0. The van der Waals surface area contributed by atoms with E-state index in [9.17, 15) is 8.42 Å². The number of halogens is 1. The Morgan fingerprint density at radius 1 is 1.27 bits per heavy atom. The first kappa shape index (κ1) is 19.6. The largest absolute Gasteiger partial charge is 0.335 e. The highest BCUT2D eigenvalue weighted by molar-refractivity contribution is 9.10. The molecule has 1 aromatic rings. The van der Waals surface area contributed by atoms with E-state index in [0.717, 1.165) is 42.5 Å². The van der Waals surface area contributed by atoms with Crippen molar-refractivity contribution in [2.45, 2.75) is 51.5 Å². The molecule has 0 fully saturated rings. The van der Waals surface area contributed by atoms with E-state index in [-0.39, 0.29) is 6.04 Å². The molecule has 1 rings (SSSR count). The van der Waals surface area contributed by atoms with E-state index in [0.29, 0.717) is 4.90 Å². The van der Waals surface area contributed by atoms with Crippen molar-refractivity contribution in [3.8, 4) is 0 Å². The Balaban J connectivity index is 2.62. The smallest absolute Gasteiger partial charge is 0.241 e. The van der Waals surface area contributed by atoms with Crippen molar-refractivity contribution in [3.05, 3.63) is 28.2 Å². The molecule has 0 heterocycles. The number of hydrogen-bond acceptors (Lipinski definition) is 2. The van der Waals surface area contributed by atoms with Gasteiger partial charge in [0.1, 0.15) is 0 Å². The molecule has 2 N–H and O–H groups in total. The van der Waals surface area contributed by atoms with Gasteiger partial charge in [-0.05, 0) is 58.2 Å². The van der Waals surface area contributed by atoms with Crippen molar-refractivity contribution in [1.29, 1.82) is 0 Å². The molecule has 0 spiro atoms. The van der Waals surface area contributed by atoms with Crippen molar-refractivity contribution in [2.75, 3.05) is 19.6 Å². The molecular formula is C16H28BrN2O2S+. The third kappa shape index (κ3) is 5.99. The van der Waals surface area contributed by atoms with Crippen LogP contribution >= 0.6 is 15.9 Å². The van der Waals surface area contributed by atoms with E-state index in [1.807, 2.05) is 26.0 Å². The number of sulfonamides is 1. The van der Waals surface area contributed by atoms with Gasteiger partial charge in [-0.3, -0.25) is 0 Å². The predicted octanol–water partition coefficient (Wildman–Crippen LogP) is 2.13. The molecule has 0 radical (unpaired) electrons. The Bertz CT molecular complexity index is 572. The normalized spacial score (nSPS) is 13.5.